The van der Waals surface area contributed by atoms with Gasteiger partial charge in [0.2, 0.25) is 0 Å². The van der Waals surface area contributed by atoms with Crippen LogP contribution in [-0.2, 0) is 10.2 Å². The molecule has 0 spiro atoms. The van der Waals surface area contributed by atoms with Crippen molar-refractivity contribution in [1.82, 2.24) is 4.98 Å². The Bertz CT molecular complexity index is 1140. The van der Waals surface area contributed by atoms with E-state index in [0.29, 0.717) is 0 Å². The molecule has 0 amide bonds. The number of rotatable bonds is 5. The van der Waals surface area contributed by atoms with Gasteiger partial charge >= 0.3 is 0 Å². The fourth-order valence-corrected chi connectivity index (χ4v) is 3.62. The highest BCUT2D eigenvalue weighted by atomic mass is 16.5. The number of H-pyrrole nitrogens is 1. The molecule has 0 aliphatic heterocycles. The van der Waals surface area contributed by atoms with Gasteiger partial charge in [-0.05, 0) is 59.2 Å². The number of aromatic amines is 1. The smallest absolute Gasteiger partial charge is 0.134 e. The number of aromatic nitrogens is 1. The topological polar surface area (TPSA) is 51.3 Å². The van der Waals surface area contributed by atoms with Gasteiger partial charge in [-0.1, -0.05) is 18.2 Å². The van der Waals surface area contributed by atoms with E-state index in [9.17, 15) is 4.79 Å². The Kier molecular flexibility index (Phi) is 4.11. The number of carbonyl (C=O) groups excluding carboxylic acids is 1. The van der Waals surface area contributed by atoms with E-state index >= 15 is 0 Å². The zero-order chi connectivity index (χ0) is 19.0. The Morgan fingerprint density at radius 3 is 2.30 bits per heavy atom. The Labute approximate surface area is 157 Å². The number of methoxy groups -OCH3 is 2. The van der Waals surface area contributed by atoms with E-state index in [4.69, 9.17) is 9.47 Å². The molecule has 0 saturated carbocycles. The second-order valence-electron chi connectivity index (χ2n) is 6.86. The molecule has 3 aromatic carbocycles. The number of nitrogens with one attached hydrogen (secondary N) is 1. The molecule has 0 fully saturated rings. The molecule has 4 nitrogen and oxygen atoms in total. The largest absolute Gasteiger partial charge is 0.497 e. The summed E-state index contributed by atoms with van der Waals surface area (Å²) in [6.45, 7) is 1.96. The van der Waals surface area contributed by atoms with Crippen LogP contribution >= 0.6 is 0 Å². The summed E-state index contributed by atoms with van der Waals surface area (Å²) in [6, 6.07) is 17.9. The quantitative estimate of drug-likeness (QED) is 0.519. The van der Waals surface area contributed by atoms with Crippen molar-refractivity contribution in [2.24, 2.45) is 0 Å². The highest BCUT2D eigenvalue weighted by molar-refractivity contribution is 5.92. The zero-order valence-corrected chi connectivity index (χ0v) is 15.6. The van der Waals surface area contributed by atoms with Crippen molar-refractivity contribution in [3.05, 3.63) is 71.9 Å². The van der Waals surface area contributed by atoms with Crippen molar-refractivity contribution in [3.63, 3.8) is 0 Å². The van der Waals surface area contributed by atoms with Gasteiger partial charge in [0.15, 0.2) is 0 Å². The summed E-state index contributed by atoms with van der Waals surface area (Å²) in [5.74, 6) is 1.60. The standard InChI is InChI=1S/C23H21NO3/c1-23(14-25,21-13-24-22-12-19(27-3)8-9-20(21)22)17-6-4-16-11-18(26-2)7-5-15(16)10-17/h4-14,24H,1-3H3/t23-/m0/s1. The summed E-state index contributed by atoms with van der Waals surface area (Å²) in [5.41, 5.74) is 2.08. The van der Waals surface area contributed by atoms with Gasteiger partial charge in [-0.15, -0.1) is 0 Å². The van der Waals surface area contributed by atoms with Gasteiger partial charge in [0, 0.05) is 23.2 Å². The summed E-state index contributed by atoms with van der Waals surface area (Å²) in [5, 5.41) is 3.16. The predicted octanol–water partition coefficient (Wildman–Crippen LogP) is 4.84. The van der Waals surface area contributed by atoms with Crippen LogP contribution in [-0.4, -0.2) is 25.5 Å². The lowest BCUT2D eigenvalue weighted by molar-refractivity contribution is -0.110. The average Bonchev–Trinajstić information content (AvgIpc) is 3.16. The van der Waals surface area contributed by atoms with E-state index in [1.807, 2.05) is 61.7 Å². The van der Waals surface area contributed by atoms with Crippen molar-refractivity contribution in [2.45, 2.75) is 12.3 Å². The van der Waals surface area contributed by atoms with Crippen LogP contribution in [0.2, 0.25) is 0 Å². The molecule has 0 aliphatic carbocycles. The van der Waals surface area contributed by atoms with Crippen LogP contribution < -0.4 is 9.47 Å². The van der Waals surface area contributed by atoms with Crippen molar-refractivity contribution >= 4 is 28.0 Å². The van der Waals surface area contributed by atoms with Crippen LogP contribution in [0.25, 0.3) is 21.7 Å². The third kappa shape index (κ3) is 2.74. The van der Waals surface area contributed by atoms with Crippen molar-refractivity contribution in [2.75, 3.05) is 14.2 Å². The molecule has 0 aliphatic rings. The monoisotopic (exact) mass is 359 g/mol. The third-order valence-corrected chi connectivity index (χ3v) is 5.33. The molecule has 1 heterocycles. The fraction of sp³-hybridized carbons (Fsp3) is 0.174. The number of hydrogen-bond acceptors (Lipinski definition) is 3. The number of fused-ring (bicyclic) bond motifs is 2. The van der Waals surface area contributed by atoms with Gasteiger partial charge in [-0.2, -0.15) is 0 Å². The lowest BCUT2D eigenvalue weighted by Crippen LogP contribution is -2.25. The summed E-state index contributed by atoms with van der Waals surface area (Å²) in [6.07, 6.45) is 2.93. The van der Waals surface area contributed by atoms with Crippen LogP contribution in [0, 0.1) is 0 Å². The Morgan fingerprint density at radius 2 is 1.56 bits per heavy atom. The van der Waals surface area contributed by atoms with Gasteiger partial charge in [-0.3, -0.25) is 0 Å². The molecule has 4 rings (SSSR count). The first-order chi connectivity index (χ1) is 13.1. The molecule has 4 heteroatoms. The van der Waals surface area contributed by atoms with Gasteiger partial charge in [0.05, 0.1) is 19.6 Å². The lowest BCUT2D eigenvalue weighted by Gasteiger charge is -2.24. The van der Waals surface area contributed by atoms with Crippen molar-refractivity contribution in [3.8, 4) is 11.5 Å². The summed E-state index contributed by atoms with van der Waals surface area (Å²) in [7, 11) is 3.30. The van der Waals surface area contributed by atoms with Crippen LogP contribution in [0.3, 0.4) is 0 Å². The summed E-state index contributed by atoms with van der Waals surface area (Å²) < 4.78 is 10.6. The van der Waals surface area contributed by atoms with Crippen LogP contribution in [0.15, 0.2) is 60.8 Å². The van der Waals surface area contributed by atoms with Gasteiger partial charge in [-0.25, -0.2) is 0 Å². The Morgan fingerprint density at radius 1 is 0.889 bits per heavy atom. The Balaban J connectivity index is 1.87. The minimum Gasteiger partial charge on any atom is -0.497 e. The minimum absolute atomic E-state index is 0.763. The number of hydrogen-bond donors (Lipinski definition) is 1. The lowest BCUT2D eigenvalue weighted by atomic mass is 9.77. The molecule has 1 aromatic heterocycles. The van der Waals surface area contributed by atoms with E-state index in [0.717, 1.165) is 50.6 Å². The van der Waals surface area contributed by atoms with E-state index in [1.54, 1.807) is 14.2 Å². The molecule has 0 radical (unpaired) electrons. The van der Waals surface area contributed by atoms with Crippen LogP contribution in [0.1, 0.15) is 18.1 Å². The number of carbonyl (C=O) groups is 1. The molecule has 27 heavy (non-hydrogen) atoms. The van der Waals surface area contributed by atoms with Gasteiger partial charge in [0.1, 0.15) is 17.8 Å². The van der Waals surface area contributed by atoms with Crippen LogP contribution in [0.4, 0.5) is 0 Å². The minimum atomic E-state index is -0.763. The van der Waals surface area contributed by atoms with Crippen molar-refractivity contribution in [1.29, 1.82) is 0 Å². The molecule has 0 saturated heterocycles. The van der Waals surface area contributed by atoms with Gasteiger partial charge in [0.25, 0.3) is 0 Å². The normalized spacial score (nSPS) is 13.4. The maximum Gasteiger partial charge on any atom is 0.134 e. The maximum absolute atomic E-state index is 12.3. The molecular formula is C23H21NO3. The zero-order valence-electron chi connectivity index (χ0n) is 15.6. The van der Waals surface area contributed by atoms with E-state index in [-0.39, 0.29) is 0 Å². The number of benzene rings is 3. The summed E-state index contributed by atoms with van der Waals surface area (Å²) in [4.78, 5) is 15.5. The second-order valence-corrected chi connectivity index (χ2v) is 6.86. The molecule has 4 aromatic rings. The molecular weight excluding hydrogens is 338 g/mol. The number of ether oxygens (including phenoxy) is 2. The first kappa shape index (κ1) is 17.2. The first-order valence-electron chi connectivity index (χ1n) is 8.79. The molecule has 0 bridgehead atoms. The molecule has 1 atom stereocenters. The molecule has 0 unspecified atom stereocenters. The maximum atomic E-state index is 12.3. The van der Waals surface area contributed by atoms with Crippen LogP contribution in [0.5, 0.6) is 11.5 Å². The second kappa shape index (κ2) is 6.47. The number of aldehydes is 1. The van der Waals surface area contributed by atoms with E-state index in [1.165, 1.54) is 0 Å². The van der Waals surface area contributed by atoms with Gasteiger partial charge < -0.3 is 19.3 Å². The first-order valence-corrected chi connectivity index (χ1v) is 8.79. The fourth-order valence-electron chi connectivity index (χ4n) is 3.62. The average molecular weight is 359 g/mol. The highest BCUT2D eigenvalue weighted by Crippen LogP contribution is 2.37. The SMILES string of the molecule is COc1ccc2cc([C@](C)(C=O)c3c[nH]c4cc(OC)ccc34)ccc2c1. The van der Waals surface area contributed by atoms with E-state index < -0.39 is 5.41 Å². The molecule has 1 N–H and O–H groups in total. The highest BCUT2D eigenvalue weighted by Gasteiger charge is 2.31. The van der Waals surface area contributed by atoms with E-state index in [2.05, 4.69) is 11.1 Å². The third-order valence-electron chi connectivity index (χ3n) is 5.33. The predicted molar refractivity (Wildman–Crippen MR) is 108 cm³/mol. The molecule has 136 valence electrons. The summed E-state index contributed by atoms with van der Waals surface area (Å²) >= 11 is 0. The van der Waals surface area contributed by atoms with Crippen molar-refractivity contribution < 1.29 is 14.3 Å². The Hall–Kier alpha value is -3.27.